The van der Waals surface area contributed by atoms with Crippen LogP contribution in [0, 0.1) is 0 Å². The minimum Gasteiger partial charge on any atom is -0.313 e. The Kier molecular flexibility index (Phi) is 7.87. The van der Waals surface area contributed by atoms with E-state index in [-0.39, 0.29) is 6.04 Å². The maximum atomic E-state index is 12.5. The molecule has 0 bridgehead atoms. The van der Waals surface area contributed by atoms with E-state index in [1.54, 1.807) is 12.1 Å². The highest BCUT2D eigenvalue weighted by Gasteiger charge is 2.20. The predicted molar refractivity (Wildman–Crippen MR) is 90.8 cm³/mol. The molecule has 0 fully saturated rings. The summed E-state index contributed by atoms with van der Waals surface area (Å²) in [6.45, 7) is 7.63. The van der Waals surface area contributed by atoms with Crippen LogP contribution in [0.1, 0.15) is 45.6 Å². The molecule has 0 spiro atoms. The average Bonchev–Trinajstić information content (AvgIpc) is 2.40. The van der Waals surface area contributed by atoms with Gasteiger partial charge in [-0.1, -0.05) is 26.3 Å². The van der Waals surface area contributed by atoms with Crippen LogP contribution in [0.2, 0.25) is 0 Å². The smallest absolute Gasteiger partial charge is 0.241 e. The van der Waals surface area contributed by atoms with Crippen LogP contribution in [0.15, 0.2) is 27.6 Å². The van der Waals surface area contributed by atoms with Crippen LogP contribution in [0.25, 0.3) is 0 Å². The summed E-state index contributed by atoms with van der Waals surface area (Å²) in [7, 11) is -3.49. The first kappa shape index (κ1) is 18.6. The predicted octanol–water partition coefficient (Wildman–Crippen LogP) is 3.42. The Bertz CT molecular complexity index is 547. The fourth-order valence-corrected chi connectivity index (χ4v) is 4.39. The Morgan fingerprint density at radius 3 is 2.57 bits per heavy atom. The zero-order chi connectivity index (χ0) is 15.9. The molecule has 0 saturated carbocycles. The molecule has 0 aliphatic rings. The van der Waals surface area contributed by atoms with E-state index in [0.717, 1.165) is 31.4 Å². The number of sulfonamides is 1. The van der Waals surface area contributed by atoms with Gasteiger partial charge in [-0.15, -0.1) is 0 Å². The largest absolute Gasteiger partial charge is 0.313 e. The lowest BCUT2D eigenvalue weighted by Crippen LogP contribution is -2.32. The normalized spacial score (nSPS) is 13.3. The van der Waals surface area contributed by atoms with E-state index in [0.29, 0.717) is 15.9 Å². The molecular weight excluding hydrogens is 352 g/mol. The molecular formula is C15H25BrN2O2S. The van der Waals surface area contributed by atoms with Gasteiger partial charge in [0.15, 0.2) is 0 Å². The molecule has 1 rings (SSSR count). The maximum absolute atomic E-state index is 12.5. The first-order valence-corrected chi connectivity index (χ1v) is 9.69. The van der Waals surface area contributed by atoms with Gasteiger partial charge in [-0.3, -0.25) is 0 Å². The van der Waals surface area contributed by atoms with Crippen molar-refractivity contribution in [1.82, 2.24) is 10.0 Å². The summed E-state index contributed by atoms with van der Waals surface area (Å²) < 4.78 is 28.2. The minimum absolute atomic E-state index is 0.0613. The van der Waals surface area contributed by atoms with Crippen LogP contribution < -0.4 is 10.0 Å². The highest BCUT2D eigenvalue weighted by Crippen LogP contribution is 2.23. The molecule has 6 heteroatoms. The second-order valence-electron chi connectivity index (χ2n) is 5.25. The summed E-state index contributed by atoms with van der Waals surface area (Å²) >= 11 is 3.34. The van der Waals surface area contributed by atoms with Crippen molar-refractivity contribution in [2.45, 2.75) is 57.5 Å². The van der Waals surface area contributed by atoms with Crippen molar-refractivity contribution in [3.05, 3.63) is 28.2 Å². The maximum Gasteiger partial charge on any atom is 0.241 e. The first-order chi connectivity index (χ1) is 9.90. The third-order valence-corrected chi connectivity index (χ3v) is 5.70. The van der Waals surface area contributed by atoms with Crippen molar-refractivity contribution in [3.8, 4) is 0 Å². The lowest BCUT2D eigenvalue weighted by atomic mass is 10.2. The van der Waals surface area contributed by atoms with Crippen molar-refractivity contribution in [1.29, 1.82) is 0 Å². The third kappa shape index (κ3) is 6.06. The lowest BCUT2D eigenvalue weighted by Gasteiger charge is -2.15. The van der Waals surface area contributed by atoms with Crippen LogP contribution in [0.4, 0.5) is 0 Å². The van der Waals surface area contributed by atoms with Crippen LogP contribution in [0.5, 0.6) is 0 Å². The van der Waals surface area contributed by atoms with Gasteiger partial charge in [-0.25, -0.2) is 13.1 Å². The molecule has 0 aliphatic carbocycles. The summed E-state index contributed by atoms with van der Waals surface area (Å²) in [5, 5.41) is 3.28. The van der Waals surface area contributed by atoms with Gasteiger partial charge in [0, 0.05) is 17.1 Å². The van der Waals surface area contributed by atoms with Crippen LogP contribution in [0.3, 0.4) is 0 Å². The van der Waals surface area contributed by atoms with Crippen LogP contribution in [-0.2, 0) is 16.6 Å². The molecule has 0 aliphatic heterocycles. The molecule has 0 saturated heterocycles. The number of halogens is 1. The third-order valence-electron chi connectivity index (χ3n) is 3.12. The van der Waals surface area contributed by atoms with Gasteiger partial charge in [0.2, 0.25) is 10.0 Å². The summed E-state index contributed by atoms with van der Waals surface area (Å²) in [6.07, 6.45) is 2.83. The summed E-state index contributed by atoms with van der Waals surface area (Å²) in [4.78, 5) is 0.307. The molecule has 1 aromatic carbocycles. The van der Waals surface area contributed by atoms with Crippen molar-refractivity contribution < 1.29 is 8.42 Å². The van der Waals surface area contributed by atoms with Crippen molar-refractivity contribution in [2.75, 3.05) is 6.54 Å². The van der Waals surface area contributed by atoms with E-state index in [1.165, 1.54) is 0 Å². The van der Waals surface area contributed by atoms with Gasteiger partial charge < -0.3 is 5.32 Å². The SMILES string of the molecule is CCCNCc1ccc(Br)c(S(=O)(=O)NC(C)CCC)c1. The zero-order valence-corrected chi connectivity index (χ0v) is 15.4. The highest BCUT2D eigenvalue weighted by atomic mass is 79.9. The van der Waals surface area contributed by atoms with Crippen LogP contribution in [-0.4, -0.2) is 21.0 Å². The Labute approximate surface area is 136 Å². The van der Waals surface area contributed by atoms with Gasteiger partial charge in [0.25, 0.3) is 0 Å². The van der Waals surface area contributed by atoms with Crippen molar-refractivity contribution >= 4 is 26.0 Å². The summed E-state index contributed by atoms with van der Waals surface area (Å²) in [5.74, 6) is 0. The van der Waals surface area contributed by atoms with Crippen LogP contribution >= 0.6 is 15.9 Å². The molecule has 1 unspecified atom stereocenters. The van der Waals surface area contributed by atoms with E-state index in [4.69, 9.17) is 0 Å². The van der Waals surface area contributed by atoms with E-state index < -0.39 is 10.0 Å². The molecule has 120 valence electrons. The number of hydrogen-bond donors (Lipinski definition) is 2. The van der Waals surface area contributed by atoms with E-state index in [9.17, 15) is 8.42 Å². The van der Waals surface area contributed by atoms with Crippen molar-refractivity contribution in [2.24, 2.45) is 0 Å². The Hall–Kier alpha value is -0.430. The summed E-state index contributed by atoms with van der Waals surface area (Å²) in [6, 6.07) is 5.39. The Balaban J connectivity index is 2.91. The molecule has 1 aromatic rings. The van der Waals surface area contributed by atoms with E-state index in [2.05, 4.69) is 32.9 Å². The summed E-state index contributed by atoms with van der Waals surface area (Å²) in [5.41, 5.74) is 0.968. The number of benzene rings is 1. The molecule has 2 N–H and O–H groups in total. The topological polar surface area (TPSA) is 58.2 Å². The standard InChI is InChI=1S/C15H25BrN2O2S/c1-4-6-12(3)18-21(19,20)15-10-13(7-8-14(15)16)11-17-9-5-2/h7-8,10,12,17-18H,4-6,9,11H2,1-3H3. The number of rotatable bonds is 9. The lowest BCUT2D eigenvalue weighted by molar-refractivity contribution is 0.543. The van der Waals surface area contributed by atoms with Gasteiger partial charge >= 0.3 is 0 Å². The fraction of sp³-hybridized carbons (Fsp3) is 0.600. The van der Waals surface area contributed by atoms with Gasteiger partial charge in [0.05, 0.1) is 4.90 Å². The average molecular weight is 377 g/mol. The van der Waals surface area contributed by atoms with Gasteiger partial charge in [0.1, 0.15) is 0 Å². The second kappa shape index (κ2) is 8.88. The fourth-order valence-electron chi connectivity index (χ4n) is 2.09. The monoisotopic (exact) mass is 376 g/mol. The molecule has 0 heterocycles. The minimum atomic E-state index is -3.49. The van der Waals surface area contributed by atoms with E-state index >= 15 is 0 Å². The van der Waals surface area contributed by atoms with Crippen molar-refractivity contribution in [3.63, 3.8) is 0 Å². The first-order valence-electron chi connectivity index (χ1n) is 7.42. The molecule has 0 aromatic heterocycles. The number of hydrogen-bond acceptors (Lipinski definition) is 3. The van der Waals surface area contributed by atoms with E-state index in [1.807, 2.05) is 19.9 Å². The molecule has 4 nitrogen and oxygen atoms in total. The number of nitrogens with one attached hydrogen (secondary N) is 2. The molecule has 0 radical (unpaired) electrons. The molecule has 0 amide bonds. The zero-order valence-electron chi connectivity index (χ0n) is 12.9. The molecule has 21 heavy (non-hydrogen) atoms. The molecule has 1 atom stereocenters. The quantitative estimate of drug-likeness (QED) is 0.649. The Morgan fingerprint density at radius 1 is 1.24 bits per heavy atom. The Morgan fingerprint density at radius 2 is 1.95 bits per heavy atom. The van der Waals surface area contributed by atoms with Gasteiger partial charge in [-0.05, 0) is 59.9 Å². The highest BCUT2D eigenvalue weighted by molar-refractivity contribution is 9.10. The van der Waals surface area contributed by atoms with Gasteiger partial charge in [-0.2, -0.15) is 0 Å². The second-order valence-corrected chi connectivity index (χ2v) is 7.79.